The molecule has 2 fully saturated rings. The van der Waals surface area contributed by atoms with E-state index in [0.29, 0.717) is 25.9 Å². The molecular formula is C30H34N4O3. The number of benzene rings is 1. The van der Waals surface area contributed by atoms with Crippen molar-refractivity contribution in [2.24, 2.45) is 0 Å². The molecule has 3 aromatic rings. The number of rotatable bonds is 9. The highest BCUT2D eigenvalue weighted by molar-refractivity contribution is 6.07. The minimum Gasteiger partial charge on any atom is -0.465 e. The van der Waals surface area contributed by atoms with Crippen LogP contribution in [0, 0.1) is 0 Å². The number of urea groups is 1. The maximum absolute atomic E-state index is 13.9. The van der Waals surface area contributed by atoms with Crippen LogP contribution in [0.25, 0.3) is 6.08 Å². The summed E-state index contributed by atoms with van der Waals surface area (Å²) in [5, 5.41) is 0. The maximum Gasteiger partial charge on any atom is 0.327 e. The van der Waals surface area contributed by atoms with E-state index in [0.717, 1.165) is 49.4 Å². The minimum absolute atomic E-state index is 0.0397. The summed E-state index contributed by atoms with van der Waals surface area (Å²) in [4.78, 5) is 37.4. The van der Waals surface area contributed by atoms with Crippen LogP contribution in [0.2, 0.25) is 0 Å². The number of nitrogens with zero attached hydrogens (tertiary/aromatic N) is 4. The molecule has 7 heteroatoms. The highest BCUT2D eigenvalue weighted by Crippen LogP contribution is 2.38. The van der Waals surface area contributed by atoms with Gasteiger partial charge in [0.2, 0.25) is 0 Å². The van der Waals surface area contributed by atoms with Crippen molar-refractivity contribution in [1.82, 2.24) is 19.7 Å². The van der Waals surface area contributed by atoms with Gasteiger partial charge < -0.3 is 9.32 Å². The lowest BCUT2D eigenvalue weighted by Crippen LogP contribution is -2.56. The van der Waals surface area contributed by atoms with Gasteiger partial charge in [-0.25, -0.2) is 4.79 Å². The van der Waals surface area contributed by atoms with Gasteiger partial charge in [-0.1, -0.05) is 42.0 Å². The van der Waals surface area contributed by atoms with Crippen molar-refractivity contribution in [3.8, 4) is 0 Å². The van der Waals surface area contributed by atoms with E-state index < -0.39 is 5.54 Å². The van der Waals surface area contributed by atoms with Crippen molar-refractivity contribution in [2.45, 2.75) is 44.7 Å². The average molecular weight is 499 g/mol. The number of hydrogen-bond donors (Lipinski definition) is 0. The molecule has 2 aliphatic heterocycles. The van der Waals surface area contributed by atoms with Gasteiger partial charge in [-0.2, -0.15) is 0 Å². The van der Waals surface area contributed by atoms with E-state index in [1.165, 1.54) is 10.5 Å². The third-order valence-electron chi connectivity index (χ3n) is 7.46. The zero-order chi connectivity index (χ0) is 25.7. The highest BCUT2D eigenvalue weighted by Gasteiger charge is 2.57. The van der Waals surface area contributed by atoms with Gasteiger partial charge in [0.05, 0.1) is 6.26 Å². The quantitative estimate of drug-likeness (QED) is 0.388. The Morgan fingerprint density at radius 1 is 1.03 bits per heavy atom. The van der Waals surface area contributed by atoms with E-state index in [4.69, 9.17) is 4.42 Å². The Morgan fingerprint density at radius 2 is 1.81 bits per heavy atom. The van der Waals surface area contributed by atoms with Crippen LogP contribution >= 0.6 is 0 Å². The summed E-state index contributed by atoms with van der Waals surface area (Å²) < 4.78 is 5.45. The van der Waals surface area contributed by atoms with E-state index in [2.05, 4.69) is 22.9 Å². The average Bonchev–Trinajstić information content (AvgIpc) is 3.49. The Balaban J connectivity index is 1.29. The summed E-state index contributed by atoms with van der Waals surface area (Å²) in [7, 11) is 0. The van der Waals surface area contributed by atoms with Gasteiger partial charge in [0.15, 0.2) is 0 Å². The molecule has 0 atom stereocenters. The predicted octanol–water partition coefficient (Wildman–Crippen LogP) is 5.01. The minimum atomic E-state index is -0.781. The van der Waals surface area contributed by atoms with Gasteiger partial charge >= 0.3 is 6.03 Å². The number of amides is 3. The molecule has 2 aromatic heterocycles. The Kier molecular flexibility index (Phi) is 7.51. The number of imide groups is 1. The molecule has 0 unspecified atom stereocenters. The second kappa shape index (κ2) is 11.1. The topological polar surface area (TPSA) is 69.9 Å². The van der Waals surface area contributed by atoms with Gasteiger partial charge in [-0.05, 0) is 68.0 Å². The van der Waals surface area contributed by atoms with E-state index in [9.17, 15) is 9.59 Å². The molecule has 0 bridgehead atoms. The van der Waals surface area contributed by atoms with Crippen molar-refractivity contribution in [3.63, 3.8) is 0 Å². The Labute approximate surface area is 218 Å². The highest BCUT2D eigenvalue weighted by atomic mass is 16.3. The fourth-order valence-electron chi connectivity index (χ4n) is 5.53. The monoisotopic (exact) mass is 498 g/mol. The number of aryl methyl sites for hydroxylation is 1. The molecule has 0 N–H and O–H groups in total. The zero-order valence-corrected chi connectivity index (χ0v) is 21.4. The number of carbonyl (C=O) groups excluding carboxylic acids is 2. The molecule has 0 radical (unpaired) electrons. The standard InChI is InChI=1S/C30H34N4O3/c1-24(20-27-12-7-19-37-27)22-32-17-13-30(14-18-32)28(35)33(16-6-11-25-10-5-15-31-21-25)29(36)34(30)23-26-8-3-2-4-9-26/h2-5,7-10,12,15,19-21H,6,11,13-14,16-18,22-23H2,1H3/b24-20+. The first-order valence-corrected chi connectivity index (χ1v) is 13.0. The molecule has 2 saturated heterocycles. The van der Waals surface area contributed by atoms with Gasteiger partial charge in [0, 0.05) is 45.1 Å². The van der Waals surface area contributed by atoms with Gasteiger partial charge in [0.1, 0.15) is 11.3 Å². The summed E-state index contributed by atoms with van der Waals surface area (Å²) in [5.74, 6) is 0.806. The van der Waals surface area contributed by atoms with Crippen LogP contribution in [0.5, 0.6) is 0 Å². The smallest absolute Gasteiger partial charge is 0.327 e. The third-order valence-corrected chi connectivity index (χ3v) is 7.46. The van der Waals surface area contributed by atoms with Crippen molar-refractivity contribution < 1.29 is 14.0 Å². The van der Waals surface area contributed by atoms with Gasteiger partial charge in [-0.3, -0.25) is 19.6 Å². The number of hydrogen-bond acceptors (Lipinski definition) is 5. The molecule has 0 saturated carbocycles. The van der Waals surface area contributed by atoms with Crippen molar-refractivity contribution in [2.75, 3.05) is 26.2 Å². The van der Waals surface area contributed by atoms with E-state index in [-0.39, 0.29) is 11.9 Å². The first-order valence-electron chi connectivity index (χ1n) is 13.0. The molecule has 0 aliphatic carbocycles. The molecule has 7 nitrogen and oxygen atoms in total. The molecule has 3 amide bonds. The third kappa shape index (κ3) is 5.52. The molecule has 4 heterocycles. The second-order valence-electron chi connectivity index (χ2n) is 10.1. The van der Waals surface area contributed by atoms with E-state index >= 15 is 0 Å². The summed E-state index contributed by atoms with van der Waals surface area (Å²) in [6.45, 7) is 5.31. The molecule has 1 aromatic carbocycles. The van der Waals surface area contributed by atoms with Crippen LogP contribution in [-0.2, 0) is 17.8 Å². The number of likely N-dealkylation sites (tertiary alicyclic amines) is 1. The van der Waals surface area contributed by atoms with Crippen LogP contribution in [0.3, 0.4) is 0 Å². The van der Waals surface area contributed by atoms with E-state index in [1.54, 1.807) is 12.5 Å². The number of carbonyl (C=O) groups is 2. The van der Waals surface area contributed by atoms with Gasteiger partial charge in [-0.15, -0.1) is 0 Å². The first-order chi connectivity index (χ1) is 18.0. The molecule has 192 valence electrons. The zero-order valence-electron chi connectivity index (χ0n) is 21.4. The molecular weight excluding hydrogens is 464 g/mol. The fraction of sp³-hybridized carbons (Fsp3) is 0.367. The summed E-state index contributed by atoms with van der Waals surface area (Å²) >= 11 is 0. The Morgan fingerprint density at radius 3 is 2.51 bits per heavy atom. The number of pyridine rings is 1. The molecule has 2 aliphatic rings. The number of furan rings is 1. The lowest BCUT2D eigenvalue weighted by atomic mass is 9.85. The van der Waals surface area contributed by atoms with Crippen molar-refractivity contribution >= 4 is 18.0 Å². The van der Waals surface area contributed by atoms with Crippen molar-refractivity contribution in [3.05, 3.63) is 95.7 Å². The predicted molar refractivity (Wildman–Crippen MR) is 142 cm³/mol. The van der Waals surface area contributed by atoms with Crippen LogP contribution in [0.15, 0.2) is 83.2 Å². The van der Waals surface area contributed by atoms with Crippen LogP contribution in [0.1, 0.15) is 43.1 Å². The fourth-order valence-corrected chi connectivity index (χ4v) is 5.53. The second-order valence-corrected chi connectivity index (χ2v) is 10.1. The summed E-state index contributed by atoms with van der Waals surface area (Å²) in [6.07, 6.45) is 10.1. The van der Waals surface area contributed by atoms with Crippen LogP contribution < -0.4 is 0 Å². The van der Waals surface area contributed by atoms with Crippen LogP contribution in [0.4, 0.5) is 4.79 Å². The van der Waals surface area contributed by atoms with Crippen molar-refractivity contribution in [1.29, 1.82) is 0 Å². The normalized spacial score (nSPS) is 18.2. The van der Waals surface area contributed by atoms with E-state index in [1.807, 2.05) is 65.7 Å². The van der Waals surface area contributed by atoms with Crippen LogP contribution in [-0.4, -0.2) is 63.3 Å². The maximum atomic E-state index is 13.9. The largest absolute Gasteiger partial charge is 0.465 e. The Bertz CT molecular complexity index is 1220. The molecule has 1 spiro atoms. The lowest BCUT2D eigenvalue weighted by molar-refractivity contribution is -0.135. The summed E-state index contributed by atoms with van der Waals surface area (Å²) in [5.41, 5.74) is 2.58. The Hall–Kier alpha value is -3.71. The number of aromatic nitrogens is 1. The van der Waals surface area contributed by atoms with Gasteiger partial charge in [0.25, 0.3) is 5.91 Å². The molecule has 37 heavy (non-hydrogen) atoms. The summed E-state index contributed by atoms with van der Waals surface area (Å²) in [6, 6.07) is 17.6. The first kappa shape index (κ1) is 25.0. The SMILES string of the molecule is C/C(=C\c1ccco1)CN1CCC2(CC1)C(=O)N(CCCc1cccnc1)C(=O)N2Cc1ccccc1. The molecule has 5 rings (SSSR count). The lowest BCUT2D eigenvalue weighted by Gasteiger charge is -2.42. The number of piperidine rings is 1.